The van der Waals surface area contributed by atoms with Crippen molar-refractivity contribution in [3.63, 3.8) is 0 Å². The molecule has 0 atom stereocenters. The fourth-order valence-corrected chi connectivity index (χ4v) is 5.51. The van der Waals surface area contributed by atoms with E-state index in [0.717, 1.165) is 46.2 Å². The number of allylic oxidation sites excluding steroid dienone is 3. The van der Waals surface area contributed by atoms with Crippen molar-refractivity contribution in [3.8, 4) is 11.1 Å². The predicted molar refractivity (Wildman–Crippen MR) is 159 cm³/mol. The van der Waals surface area contributed by atoms with Gasteiger partial charge in [-0.3, -0.25) is 0 Å². The molecule has 1 aliphatic rings. The average molecular weight is 490 g/mol. The van der Waals surface area contributed by atoms with Crippen LogP contribution in [0.1, 0.15) is 18.4 Å². The third kappa shape index (κ3) is 4.01. The predicted octanol–water partition coefficient (Wildman–Crippen LogP) is 10.2. The van der Waals surface area contributed by atoms with Gasteiger partial charge in [-0.15, -0.1) is 0 Å². The Labute approximate surface area is 222 Å². The quantitative estimate of drug-likeness (QED) is 0.239. The Morgan fingerprint density at radius 1 is 0.526 bits per heavy atom. The fourth-order valence-electron chi connectivity index (χ4n) is 5.51. The third-order valence-electron chi connectivity index (χ3n) is 7.36. The van der Waals surface area contributed by atoms with Crippen LogP contribution in [-0.2, 0) is 0 Å². The van der Waals surface area contributed by atoms with Crippen molar-refractivity contribution >= 4 is 38.9 Å². The molecule has 2 nitrogen and oxygen atoms in total. The number of hydrogen-bond acceptors (Lipinski definition) is 2. The summed E-state index contributed by atoms with van der Waals surface area (Å²) in [6.07, 6.45) is 6.60. The summed E-state index contributed by atoms with van der Waals surface area (Å²) in [5.74, 6) is 0. The van der Waals surface area contributed by atoms with Crippen LogP contribution < -0.4 is 4.90 Å². The Hall–Kier alpha value is -4.82. The minimum atomic E-state index is 0.899. The number of fused-ring (bicyclic) bond motifs is 3. The second-order valence-electron chi connectivity index (χ2n) is 9.70. The molecular formula is C36H27NO. The molecular weight excluding hydrogens is 462 g/mol. The van der Waals surface area contributed by atoms with E-state index >= 15 is 0 Å². The summed E-state index contributed by atoms with van der Waals surface area (Å²) in [7, 11) is 0. The van der Waals surface area contributed by atoms with Crippen LogP contribution in [0.25, 0.3) is 38.6 Å². The van der Waals surface area contributed by atoms with Crippen LogP contribution >= 0.6 is 0 Å². The first-order chi connectivity index (χ1) is 18.8. The molecule has 0 spiro atoms. The molecule has 0 aliphatic heterocycles. The van der Waals surface area contributed by atoms with E-state index in [1.807, 2.05) is 12.1 Å². The average Bonchev–Trinajstić information content (AvgIpc) is 3.37. The Morgan fingerprint density at radius 2 is 1.16 bits per heavy atom. The summed E-state index contributed by atoms with van der Waals surface area (Å²) >= 11 is 0. The molecule has 0 saturated heterocycles. The maximum absolute atomic E-state index is 6.29. The topological polar surface area (TPSA) is 16.4 Å². The molecule has 1 aliphatic carbocycles. The monoisotopic (exact) mass is 489 g/mol. The van der Waals surface area contributed by atoms with E-state index in [0.29, 0.717) is 0 Å². The van der Waals surface area contributed by atoms with Gasteiger partial charge in [0.1, 0.15) is 11.2 Å². The van der Waals surface area contributed by atoms with Crippen LogP contribution in [0.4, 0.5) is 11.4 Å². The van der Waals surface area contributed by atoms with Gasteiger partial charge in [0.25, 0.3) is 0 Å². The smallest absolute Gasteiger partial charge is 0.137 e. The first-order valence-corrected chi connectivity index (χ1v) is 13.2. The molecule has 6 aromatic rings. The van der Waals surface area contributed by atoms with E-state index in [-0.39, 0.29) is 0 Å². The number of rotatable bonds is 5. The zero-order chi connectivity index (χ0) is 25.3. The van der Waals surface area contributed by atoms with Gasteiger partial charge in [-0.25, -0.2) is 0 Å². The minimum Gasteiger partial charge on any atom is -0.456 e. The van der Waals surface area contributed by atoms with Crippen molar-refractivity contribution in [2.24, 2.45) is 0 Å². The lowest BCUT2D eigenvalue weighted by atomic mass is 9.93. The Bertz CT molecular complexity index is 1790. The zero-order valence-electron chi connectivity index (χ0n) is 21.0. The van der Waals surface area contributed by atoms with E-state index in [1.165, 1.54) is 28.0 Å². The van der Waals surface area contributed by atoms with E-state index in [2.05, 4.69) is 132 Å². The summed E-state index contributed by atoms with van der Waals surface area (Å²) in [5.41, 5.74) is 10.3. The SMILES string of the molecule is C1=CC(N(c2ccc(-c3ccccc3)cc2)c2ccc3c(c2)oc2ccccc23)=C(c2ccccc2)CC1. The van der Waals surface area contributed by atoms with Gasteiger partial charge in [-0.1, -0.05) is 97.1 Å². The van der Waals surface area contributed by atoms with E-state index in [1.54, 1.807) is 0 Å². The van der Waals surface area contributed by atoms with Crippen LogP contribution in [-0.4, -0.2) is 0 Å². The summed E-state index contributed by atoms with van der Waals surface area (Å²) in [4.78, 5) is 2.37. The zero-order valence-corrected chi connectivity index (χ0v) is 21.0. The highest BCUT2D eigenvalue weighted by atomic mass is 16.3. The first-order valence-electron chi connectivity index (χ1n) is 13.2. The number of furan rings is 1. The summed E-state index contributed by atoms with van der Waals surface area (Å²) in [6, 6.07) is 45.0. The van der Waals surface area contributed by atoms with Crippen LogP contribution in [0.5, 0.6) is 0 Å². The number of benzene rings is 5. The van der Waals surface area contributed by atoms with Crippen LogP contribution in [0, 0.1) is 0 Å². The molecule has 7 rings (SSSR count). The lowest BCUT2D eigenvalue weighted by molar-refractivity contribution is 0.669. The van der Waals surface area contributed by atoms with Crippen molar-refractivity contribution in [2.75, 3.05) is 4.90 Å². The normalized spacial score (nSPS) is 13.4. The minimum absolute atomic E-state index is 0.899. The molecule has 0 fully saturated rings. The standard InChI is InChI=1S/C36H27NO/c1-3-11-26(12-4-1)27-19-21-29(22-20-27)37(34-17-9-7-15-31(34)28-13-5-2-6-14-28)30-23-24-33-32-16-8-10-18-35(32)38-36(33)25-30/h1-6,8-14,16-25H,7,15H2. The molecule has 5 aromatic carbocycles. The molecule has 38 heavy (non-hydrogen) atoms. The van der Waals surface area contributed by atoms with E-state index in [4.69, 9.17) is 4.42 Å². The highest BCUT2D eigenvalue weighted by Crippen LogP contribution is 2.41. The maximum Gasteiger partial charge on any atom is 0.137 e. The molecule has 182 valence electrons. The van der Waals surface area contributed by atoms with E-state index in [9.17, 15) is 0 Å². The van der Waals surface area contributed by atoms with Gasteiger partial charge >= 0.3 is 0 Å². The third-order valence-corrected chi connectivity index (χ3v) is 7.36. The van der Waals surface area contributed by atoms with Gasteiger partial charge in [0.05, 0.1) is 0 Å². The van der Waals surface area contributed by atoms with Gasteiger partial charge in [0.15, 0.2) is 0 Å². The Balaban J connectivity index is 1.41. The van der Waals surface area contributed by atoms with Crippen molar-refractivity contribution in [2.45, 2.75) is 12.8 Å². The van der Waals surface area contributed by atoms with Crippen molar-refractivity contribution in [3.05, 3.63) is 151 Å². The number of hydrogen-bond donors (Lipinski definition) is 0. The van der Waals surface area contributed by atoms with Gasteiger partial charge in [-0.05, 0) is 71.5 Å². The highest BCUT2D eigenvalue weighted by molar-refractivity contribution is 6.06. The van der Waals surface area contributed by atoms with Gasteiger partial charge in [0.2, 0.25) is 0 Å². The van der Waals surface area contributed by atoms with Crippen molar-refractivity contribution < 1.29 is 4.42 Å². The van der Waals surface area contributed by atoms with Crippen LogP contribution in [0.3, 0.4) is 0 Å². The molecule has 0 N–H and O–H groups in total. The van der Waals surface area contributed by atoms with Crippen molar-refractivity contribution in [1.82, 2.24) is 0 Å². The second kappa shape index (κ2) is 9.57. The van der Waals surface area contributed by atoms with Crippen LogP contribution in [0.2, 0.25) is 0 Å². The summed E-state index contributed by atoms with van der Waals surface area (Å²) in [6.45, 7) is 0. The number of nitrogens with zero attached hydrogens (tertiary/aromatic N) is 1. The largest absolute Gasteiger partial charge is 0.456 e. The molecule has 0 radical (unpaired) electrons. The van der Waals surface area contributed by atoms with Gasteiger partial charge in [0, 0.05) is 33.9 Å². The Kier molecular flexibility index (Phi) is 5.64. The number of para-hydroxylation sites is 1. The molecule has 1 aromatic heterocycles. The number of anilines is 2. The second-order valence-corrected chi connectivity index (χ2v) is 9.70. The molecule has 0 unspecified atom stereocenters. The Morgan fingerprint density at radius 3 is 1.95 bits per heavy atom. The van der Waals surface area contributed by atoms with Gasteiger partial charge < -0.3 is 9.32 Å². The van der Waals surface area contributed by atoms with Gasteiger partial charge in [-0.2, -0.15) is 0 Å². The van der Waals surface area contributed by atoms with E-state index < -0.39 is 0 Å². The molecule has 0 amide bonds. The fraction of sp³-hybridized carbons (Fsp3) is 0.0556. The molecule has 2 heteroatoms. The lowest BCUT2D eigenvalue weighted by Gasteiger charge is -2.30. The maximum atomic E-state index is 6.29. The molecule has 0 saturated carbocycles. The first kappa shape index (κ1) is 22.4. The lowest BCUT2D eigenvalue weighted by Crippen LogP contribution is -2.18. The van der Waals surface area contributed by atoms with Crippen LogP contribution in [0.15, 0.2) is 150 Å². The van der Waals surface area contributed by atoms with Crippen molar-refractivity contribution in [1.29, 1.82) is 0 Å². The summed E-state index contributed by atoms with van der Waals surface area (Å²) in [5, 5.41) is 2.29. The molecule has 0 bridgehead atoms. The highest BCUT2D eigenvalue weighted by Gasteiger charge is 2.21. The molecule has 1 heterocycles. The summed E-state index contributed by atoms with van der Waals surface area (Å²) < 4.78 is 6.29.